The molecule has 0 aromatic heterocycles. The first kappa shape index (κ1) is 25.9. The number of nitrogens with one attached hydrogen (secondary N) is 3. The van der Waals surface area contributed by atoms with Crippen LogP contribution in [0, 0.1) is 5.82 Å². The third-order valence-electron chi connectivity index (χ3n) is 4.55. The summed E-state index contributed by atoms with van der Waals surface area (Å²) in [7, 11) is 0. The van der Waals surface area contributed by atoms with Gasteiger partial charge in [0.25, 0.3) is 5.91 Å². The standard InChI is InChI=1S/C26H25FN4O5/c1-2-15-35-22-13-9-21(10-14-22)30-25(33)26(34)31-28-16-18-3-11-23(12-4-18)36-17-24(32)29-20-7-5-19(27)6-8-20/h3-14,16H,2,15,17H2,1H3,(H,29,32)(H,30,33)(H,31,34)/b28-16-. The summed E-state index contributed by atoms with van der Waals surface area (Å²) in [4.78, 5) is 35.9. The topological polar surface area (TPSA) is 118 Å². The number of carbonyl (C=O) groups excluding carboxylic acids is 3. The van der Waals surface area contributed by atoms with Crippen LogP contribution >= 0.6 is 0 Å². The third kappa shape index (κ3) is 8.56. The number of hydrogen-bond acceptors (Lipinski definition) is 6. The van der Waals surface area contributed by atoms with Crippen molar-refractivity contribution in [3.05, 3.63) is 84.2 Å². The molecule has 0 fully saturated rings. The Morgan fingerprint density at radius 3 is 2.06 bits per heavy atom. The van der Waals surface area contributed by atoms with Gasteiger partial charge in [0.2, 0.25) is 0 Å². The summed E-state index contributed by atoms with van der Waals surface area (Å²) in [6.45, 7) is 2.37. The number of carbonyl (C=O) groups is 3. The smallest absolute Gasteiger partial charge is 0.329 e. The Morgan fingerprint density at radius 1 is 0.806 bits per heavy atom. The minimum absolute atomic E-state index is 0.232. The Hall–Kier alpha value is -4.73. The van der Waals surface area contributed by atoms with E-state index in [9.17, 15) is 18.8 Å². The van der Waals surface area contributed by atoms with E-state index in [0.29, 0.717) is 35.0 Å². The summed E-state index contributed by atoms with van der Waals surface area (Å²) >= 11 is 0. The lowest BCUT2D eigenvalue weighted by Gasteiger charge is -2.08. The number of hydrazone groups is 1. The van der Waals surface area contributed by atoms with E-state index in [2.05, 4.69) is 21.2 Å². The van der Waals surface area contributed by atoms with Crippen LogP contribution in [0.5, 0.6) is 11.5 Å². The van der Waals surface area contributed by atoms with Crippen molar-refractivity contribution in [1.82, 2.24) is 5.43 Å². The van der Waals surface area contributed by atoms with Crippen LogP contribution in [0.25, 0.3) is 0 Å². The number of rotatable bonds is 10. The molecular formula is C26H25FN4O5. The van der Waals surface area contributed by atoms with Crippen molar-refractivity contribution in [2.24, 2.45) is 5.10 Å². The van der Waals surface area contributed by atoms with Crippen LogP contribution in [-0.2, 0) is 14.4 Å². The highest BCUT2D eigenvalue weighted by Crippen LogP contribution is 2.16. The molecule has 0 spiro atoms. The molecule has 3 aromatic carbocycles. The van der Waals surface area contributed by atoms with Gasteiger partial charge in [-0.05, 0) is 84.8 Å². The fourth-order valence-corrected chi connectivity index (χ4v) is 2.79. The highest BCUT2D eigenvalue weighted by Gasteiger charge is 2.13. The third-order valence-corrected chi connectivity index (χ3v) is 4.55. The highest BCUT2D eigenvalue weighted by molar-refractivity contribution is 6.39. The molecule has 0 aliphatic heterocycles. The molecule has 0 aliphatic carbocycles. The van der Waals surface area contributed by atoms with Crippen molar-refractivity contribution in [3.8, 4) is 11.5 Å². The van der Waals surface area contributed by atoms with E-state index in [-0.39, 0.29) is 6.61 Å². The summed E-state index contributed by atoms with van der Waals surface area (Å²) in [6.07, 6.45) is 2.24. The molecule has 0 aliphatic rings. The molecule has 10 heteroatoms. The van der Waals surface area contributed by atoms with Crippen LogP contribution in [0.3, 0.4) is 0 Å². The Labute approximate surface area is 207 Å². The van der Waals surface area contributed by atoms with Crippen LogP contribution in [-0.4, -0.2) is 37.1 Å². The van der Waals surface area contributed by atoms with Gasteiger partial charge in [-0.3, -0.25) is 14.4 Å². The molecule has 3 rings (SSSR count). The number of halogens is 1. The maximum atomic E-state index is 12.9. The van der Waals surface area contributed by atoms with E-state index in [1.54, 1.807) is 48.5 Å². The van der Waals surface area contributed by atoms with Gasteiger partial charge in [-0.15, -0.1) is 0 Å². The molecule has 0 bridgehead atoms. The number of nitrogens with zero attached hydrogens (tertiary/aromatic N) is 1. The molecule has 36 heavy (non-hydrogen) atoms. The van der Waals surface area contributed by atoms with E-state index in [1.165, 1.54) is 30.5 Å². The fraction of sp³-hybridized carbons (Fsp3) is 0.154. The lowest BCUT2D eigenvalue weighted by atomic mass is 10.2. The summed E-state index contributed by atoms with van der Waals surface area (Å²) in [5.74, 6) is -1.46. The van der Waals surface area contributed by atoms with Gasteiger partial charge in [0.1, 0.15) is 17.3 Å². The van der Waals surface area contributed by atoms with E-state index in [1.807, 2.05) is 6.92 Å². The van der Waals surface area contributed by atoms with Crippen molar-refractivity contribution < 1.29 is 28.2 Å². The number of anilines is 2. The van der Waals surface area contributed by atoms with Crippen molar-refractivity contribution in [2.75, 3.05) is 23.8 Å². The minimum Gasteiger partial charge on any atom is -0.494 e. The summed E-state index contributed by atoms with van der Waals surface area (Å²) in [5, 5.41) is 8.84. The number of amides is 3. The Morgan fingerprint density at radius 2 is 1.39 bits per heavy atom. The van der Waals surface area contributed by atoms with Crippen molar-refractivity contribution in [1.29, 1.82) is 0 Å². The van der Waals surface area contributed by atoms with Gasteiger partial charge in [-0.2, -0.15) is 5.10 Å². The zero-order valence-electron chi connectivity index (χ0n) is 19.5. The molecule has 3 amide bonds. The van der Waals surface area contributed by atoms with Gasteiger partial charge in [-0.25, -0.2) is 9.82 Å². The molecule has 0 radical (unpaired) electrons. The van der Waals surface area contributed by atoms with E-state index >= 15 is 0 Å². The summed E-state index contributed by atoms with van der Waals surface area (Å²) < 4.78 is 23.8. The summed E-state index contributed by atoms with van der Waals surface area (Å²) in [6, 6.07) is 18.6. The predicted molar refractivity (Wildman–Crippen MR) is 134 cm³/mol. The molecule has 3 N–H and O–H groups in total. The second-order valence-electron chi connectivity index (χ2n) is 7.44. The molecular weight excluding hydrogens is 467 g/mol. The van der Waals surface area contributed by atoms with Crippen LogP contribution in [0.15, 0.2) is 77.9 Å². The average Bonchev–Trinajstić information content (AvgIpc) is 2.89. The SMILES string of the molecule is CCCOc1ccc(NC(=O)C(=O)N/N=C\c2ccc(OCC(=O)Nc3ccc(F)cc3)cc2)cc1. The van der Waals surface area contributed by atoms with E-state index in [4.69, 9.17) is 9.47 Å². The first-order valence-corrected chi connectivity index (χ1v) is 11.1. The maximum absolute atomic E-state index is 12.9. The van der Waals surface area contributed by atoms with Crippen molar-refractivity contribution >= 4 is 35.3 Å². The zero-order valence-corrected chi connectivity index (χ0v) is 19.5. The van der Waals surface area contributed by atoms with Crippen molar-refractivity contribution in [3.63, 3.8) is 0 Å². The zero-order chi connectivity index (χ0) is 25.8. The normalized spacial score (nSPS) is 10.5. The van der Waals surface area contributed by atoms with E-state index < -0.39 is 23.5 Å². The van der Waals surface area contributed by atoms with E-state index in [0.717, 1.165) is 6.42 Å². The largest absolute Gasteiger partial charge is 0.494 e. The molecule has 0 heterocycles. The van der Waals surface area contributed by atoms with Gasteiger partial charge in [0, 0.05) is 11.4 Å². The van der Waals surface area contributed by atoms with Gasteiger partial charge >= 0.3 is 11.8 Å². The first-order chi connectivity index (χ1) is 17.4. The Bertz CT molecular complexity index is 1200. The maximum Gasteiger partial charge on any atom is 0.329 e. The molecule has 3 aromatic rings. The van der Waals surface area contributed by atoms with Gasteiger partial charge in [-0.1, -0.05) is 6.92 Å². The fourth-order valence-electron chi connectivity index (χ4n) is 2.79. The lowest BCUT2D eigenvalue weighted by molar-refractivity contribution is -0.136. The van der Waals surface area contributed by atoms with Gasteiger partial charge < -0.3 is 20.1 Å². The Balaban J connectivity index is 1.40. The van der Waals surface area contributed by atoms with Crippen molar-refractivity contribution in [2.45, 2.75) is 13.3 Å². The van der Waals surface area contributed by atoms with Crippen LogP contribution in [0.4, 0.5) is 15.8 Å². The molecule has 186 valence electrons. The van der Waals surface area contributed by atoms with Crippen LogP contribution < -0.4 is 25.5 Å². The Kier molecular flexibility index (Phi) is 9.51. The number of ether oxygens (including phenoxy) is 2. The second-order valence-corrected chi connectivity index (χ2v) is 7.44. The lowest BCUT2D eigenvalue weighted by Crippen LogP contribution is -2.32. The average molecular weight is 493 g/mol. The predicted octanol–water partition coefficient (Wildman–Crippen LogP) is 3.72. The van der Waals surface area contributed by atoms with Gasteiger partial charge in [0.15, 0.2) is 6.61 Å². The molecule has 0 saturated carbocycles. The molecule has 0 saturated heterocycles. The number of benzene rings is 3. The monoisotopic (exact) mass is 492 g/mol. The first-order valence-electron chi connectivity index (χ1n) is 11.1. The number of hydrogen-bond donors (Lipinski definition) is 3. The molecule has 0 unspecified atom stereocenters. The minimum atomic E-state index is -0.926. The second kappa shape index (κ2) is 13.2. The molecule has 0 atom stereocenters. The highest BCUT2D eigenvalue weighted by atomic mass is 19.1. The van der Waals surface area contributed by atoms with Crippen LogP contribution in [0.2, 0.25) is 0 Å². The summed E-state index contributed by atoms with van der Waals surface area (Å²) in [5.41, 5.74) is 3.69. The van der Waals surface area contributed by atoms with Crippen LogP contribution in [0.1, 0.15) is 18.9 Å². The molecule has 9 nitrogen and oxygen atoms in total. The van der Waals surface area contributed by atoms with Gasteiger partial charge in [0.05, 0.1) is 12.8 Å². The quantitative estimate of drug-likeness (QED) is 0.227.